The Kier molecular flexibility index (Phi) is 1.83. The van der Waals surface area contributed by atoms with Gasteiger partial charge in [-0.2, -0.15) is 17.9 Å². The average Bonchev–Trinajstić information content (AvgIpc) is 2.26. The molecule has 1 saturated heterocycles. The second kappa shape index (κ2) is 2.63. The molecule has 1 unspecified atom stereocenters. The highest BCUT2D eigenvalue weighted by molar-refractivity contribution is 8.04. The average molecular weight is 207 g/mol. The van der Waals surface area contributed by atoms with Crippen LogP contribution in [0.4, 0.5) is 0 Å². The molecule has 0 radical (unpaired) electrons. The van der Waals surface area contributed by atoms with Crippen molar-refractivity contribution in [2.45, 2.75) is 12.4 Å². The van der Waals surface area contributed by atoms with Gasteiger partial charge in [-0.3, -0.25) is 0 Å². The van der Waals surface area contributed by atoms with Crippen LogP contribution in [-0.4, -0.2) is 25.5 Å². The summed E-state index contributed by atoms with van der Waals surface area (Å²) in [6, 6.07) is 0. The van der Waals surface area contributed by atoms with Crippen LogP contribution in [0.1, 0.15) is 6.92 Å². The van der Waals surface area contributed by atoms with Crippen LogP contribution in [0, 0.1) is 0 Å². The summed E-state index contributed by atoms with van der Waals surface area (Å²) in [6.45, 7) is 2.31. The van der Waals surface area contributed by atoms with Gasteiger partial charge in [0, 0.05) is 11.1 Å². The number of thioether (sulfide) groups is 1. The van der Waals surface area contributed by atoms with Crippen LogP contribution in [0.25, 0.3) is 0 Å². The monoisotopic (exact) mass is 207 g/mol. The highest BCUT2D eigenvalue weighted by Crippen LogP contribution is 2.31. The zero-order valence-corrected chi connectivity index (χ0v) is 8.08. The molecule has 2 heterocycles. The van der Waals surface area contributed by atoms with Gasteiger partial charge in [0.1, 0.15) is 5.50 Å². The van der Waals surface area contributed by atoms with Crippen LogP contribution >= 0.6 is 11.8 Å². The van der Waals surface area contributed by atoms with Crippen LogP contribution in [0.5, 0.6) is 0 Å². The molecule has 68 valence electrons. The molecular weight excluding hydrogens is 198 g/mol. The summed E-state index contributed by atoms with van der Waals surface area (Å²) in [5.74, 6) is 0. The first-order chi connectivity index (χ1) is 5.57. The Bertz CT molecular complexity index is 324. The molecule has 0 saturated carbocycles. The fourth-order valence-corrected chi connectivity index (χ4v) is 3.32. The summed E-state index contributed by atoms with van der Waals surface area (Å²) in [6.07, 6.45) is 1.93. The lowest BCUT2D eigenvalue weighted by molar-refractivity contribution is 0.317. The maximum absolute atomic E-state index is 11.0. The molecular formula is C5H9N3O2S2. The van der Waals surface area contributed by atoms with E-state index < -0.39 is 10.2 Å². The molecule has 2 aliphatic heterocycles. The first-order valence-corrected chi connectivity index (χ1v) is 5.81. The van der Waals surface area contributed by atoms with Crippen molar-refractivity contribution in [3.63, 3.8) is 0 Å². The smallest absolute Gasteiger partial charge is 0.280 e. The van der Waals surface area contributed by atoms with Crippen LogP contribution in [-0.2, 0) is 10.2 Å². The summed E-state index contributed by atoms with van der Waals surface area (Å²) in [5, 5.41) is 0. The van der Waals surface area contributed by atoms with Gasteiger partial charge in [-0.05, 0) is 6.92 Å². The molecule has 1 fully saturated rings. The number of hydrogen-bond donors (Lipinski definition) is 2. The Balaban J connectivity index is 2.17. The standard InChI is InChI=1S/C5H9N3O2S2/c1-4-2-8-3-6-12(9,10)7-5(8)11-4/h2,5-7H,3H2,1H3. The molecule has 1 atom stereocenters. The summed E-state index contributed by atoms with van der Waals surface area (Å²) in [4.78, 5) is 3.02. The summed E-state index contributed by atoms with van der Waals surface area (Å²) in [5.41, 5.74) is -0.156. The summed E-state index contributed by atoms with van der Waals surface area (Å²) in [7, 11) is -3.26. The summed E-state index contributed by atoms with van der Waals surface area (Å²) >= 11 is 1.51. The molecule has 0 aromatic rings. The van der Waals surface area contributed by atoms with Crippen molar-refractivity contribution in [1.29, 1.82) is 0 Å². The third-order valence-corrected chi connectivity index (χ3v) is 3.92. The van der Waals surface area contributed by atoms with Crippen molar-refractivity contribution in [1.82, 2.24) is 14.3 Å². The van der Waals surface area contributed by atoms with Gasteiger partial charge < -0.3 is 4.90 Å². The SMILES string of the molecule is CC1=CN2CNS(=O)(=O)NC2S1. The van der Waals surface area contributed by atoms with Gasteiger partial charge in [0.2, 0.25) is 0 Å². The van der Waals surface area contributed by atoms with Crippen molar-refractivity contribution in [2.75, 3.05) is 6.67 Å². The van der Waals surface area contributed by atoms with Gasteiger partial charge in [0.15, 0.2) is 0 Å². The molecule has 2 aliphatic rings. The number of fused-ring (bicyclic) bond motifs is 1. The lowest BCUT2D eigenvalue weighted by atomic mass is 10.6. The van der Waals surface area contributed by atoms with Gasteiger partial charge in [-0.25, -0.2) is 0 Å². The Hall–Kier alpha value is -0.240. The Morgan fingerprint density at radius 3 is 3.25 bits per heavy atom. The van der Waals surface area contributed by atoms with Crippen molar-refractivity contribution in [3.05, 3.63) is 11.1 Å². The Morgan fingerprint density at radius 1 is 1.75 bits per heavy atom. The van der Waals surface area contributed by atoms with Crippen molar-refractivity contribution >= 4 is 22.0 Å². The van der Waals surface area contributed by atoms with E-state index in [1.165, 1.54) is 11.8 Å². The van der Waals surface area contributed by atoms with Crippen molar-refractivity contribution in [3.8, 4) is 0 Å². The molecule has 0 spiro atoms. The number of allylic oxidation sites excluding steroid dienone is 1. The topological polar surface area (TPSA) is 61.4 Å². The zero-order chi connectivity index (χ0) is 8.77. The lowest BCUT2D eigenvalue weighted by Crippen LogP contribution is -2.56. The quantitative estimate of drug-likeness (QED) is 0.566. The summed E-state index contributed by atoms with van der Waals surface area (Å²) < 4.78 is 26.9. The maximum atomic E-state index is 11.0. The van der Waals surface area contributed by atoms with E-state index in [2.05, 4.69) is 9.44 Å². The van der Waals surface area contributed by atoms with Gasteiger partial charge in [-0.15, -0.1) is 0 Å². The molecule has 0 amide bonds. The third kappa shape index (κ3) is 1.45. The number of rotatable bonds is 0. The maximum Gasteiger partial charge on any atom is 0.280 e. The fraction of sp³-hybridized carbons (Fsp3) is 0.600. The molecule has 5 nitrogen and oxygen atoms in total. The number of nitrogens with one attached hydrogen (secondary N) is 2. The zero-order valence-electron chi connectivity index (χ0n) is 6.44. The first-order valence-electron chi connectivity index (χ1n) is 3.44. The van der Waals surface area contributed by atoms with E-state index in [1.54, 1.807) is 0 Å². The second-order valence-electron chi connectivity index (χ2n) is 2.65. The van der Waals surface area contributed by atoms with E-state index in [9.17, 15) is 8.42 Å². The van der Waals surface area contributed by atoms with Crippen LogP contribution in [0.3, 0.4) is 0 Å². The predicted molar refractivity (Wildman–Crippen MR) is 47.0 cm³/mol. The highest BCUT2D eigenvalue weighted by Gasteiger charge is 2.32. The van der Waals surface area contributed by atoms with Gasteiger partial charge >= 0.3 is 0 Å². The molecule has 2 rings (SSSR count). The molecule has 7 heteroatoms. The molecule has 0 bridgehead atoms. The van der Waals surface area contributed by atoms with Crippen LogP contribution in [0.15, 0.2) is 11.1 Å². The fourth-order valence-electron chi connectivity index (χ4n) is 1.13. The van der Waals surface area contributed by atoms with Gasteiger partial charge in [0.25, 0.3) is 10.2 Å². The Labute approximate surface area is 75.4 Å². The second-order valence-corrected chi connectivity index (χ2v) is 5.51. The minimum atomic E-state index is -3.26. The van der Waals surface area contributed by atoms with Crippen LogP contribution < -0.4 is 9.44 Å². The molecule has 0 aromatic heterocycles. The van der Waals surface area contributed by atoms with Crippen molar-refractivity contribution < 1.29 is 8.42 Å². The largest absolute Gasteiger partial charge is 0.338 e. The predicted octanol–water partition coefficient (Wildman–Crippen LogP) is -0.425. The van der Waals surface area contributed by atoms with E-state index in [1.807, 2.05) is 18.0 Å². The van der Waals surface area contributed by atoms with Crippen LogP contribution in [0.2, 0.25) is 0 Å². The molecule has 12 heavy (non-hydrogen) atoms. The van der Waals surface area contributed by atoms with E-state index in [0.29, 0.717) is 6.67 Å². The minimum Gasteiger partial charge on any atom is -0.338 e. The van der Waals surface area contributed by atoms with E-state index in [-0.39, 0.29) is 5.50 Å². The van der Waals surface area contributed by atoms with Gasteiger partial charge in [0.05, 0.1) is 6.67 Å². The Morgan fingerprint density at radius 2 is 2.50 bits per heavy atom. The van der Waals surface area contributed by atoms with E-state index in [4.69, 9.17) is 0 Å². The first kappa shape index (κ1) is 8.36. The molecule has 0 aliphatic carbocycles. The lowest BCUT2D eigenvalue weighted by Gasteiger charge is -2.30. The highest BCUT2D eigenvalue weighted by atomic mass is 32.2. The van der Waals surface area contributed by atoms with E-state index >= 15 is 0 Å². The third-order valence-electron chi connectivity index (χ3n) is 1.64. The normalized spacial score (nSPS) is 32.9. The van der Waals surface area contributed by atoms with Crippen molar-refractivity contribution in [2.24, 2.45) is 0 Å². The number of hydrogen-bond acceptors (Lipinski definition) is 4. The van der Waals surface area contributed by atoms with Gasteiger partial charge in [-0.1, -0.05) is 11.8 Å². The molecule has 2 N–H and O–H groups in total. The molecule has 0 aromatic carbocycles. The number of nitrogens with zero attached hydrogens (tertiary/aromatic N) is 1. The van der Waals surface area contributed by atoms with E-state index in [0.717, 1.165) is 4.91 Å². The minimum absolute atomic E-state index is 0.156.